The first-order chi connectivity index (χ1) is 19.0. The Kier molecular flexibility index (Phi) is 7.55. The molecule has 2 heterocycles. The van der Waals surface area contributed by atoms with Gasteiger partial charge < -0.3 is 14.8 Å². The number of hydrogen-bond acceptors (Lipinski definition) is 5. The van der Waals surface area contributed by atoms with Gasteiger partial charge in [0, 0.05) is 37.3 Å². The molecule has 1 amide bonds. The fourth-order valence-corrected chi connectivity index (χ4v) is 7.80. The summed E-state index contributed by atoms with van der Waals surface area (Å²) in [7, 11) is -3.33. The predicted octanol–water partition coefficient (Wildman–Crippen LogP) is 3.77. The van der Waals surface area contributed by atoms with E-state index in [0.717, 1.165) is 69.3 Å². The quantitative estimate of drug-likeness (QED) is 0.448. The normalized spacial score (nSPS) is 24.0. The summed E-state index contributed by atoms with van der Waals surface area (Å²) < 4.78 is 30.9. The van der Waals surface area contributed by atoms with Gasteiger partial charge >= 0.3 is 0 Å². The SMILES string of the molecule is O=C(c1ncn([C@H]2CCCC[C@H]2NS(=O)(=O)C2CC2)c1-c1ccccc1)N1CCNC[C@H]1Cc1ccccc1. The number of sulfonamides is 1. The molecule has 2 aromatic carbocycles. The van der Waals surface area contributed by atoms with E-state index in [2.05, 4.69) is 26.7 Å². The Bertz CT molecular complexity index is 1390. The average Bonchev–Trinajstić information content (AvgIpc) is 3.74. The number of imidazole rings is 1. The third-order valence-corrected chi connectivity index (χ3v) is 10.3. The molecule has 6 rings (SSSR count). The van der Waals surface area contributed by atoms with Crippen molar-refractivity contribution in [3.05, 3.63) is 78.2 Å². The Hall–Kier alpha value is -3.01. The van der Waals surface area contributed by atoms with E-state index < -0.39 is 10.0 Å². The Balaban J connectivity index is 1.35. The van der Waals surface area contributed by atoms with E-state index in [9.17, 15) is 13.2 Å². The molecule has 0 unspecified atom stereocenters. The van der Waals surface area contributed by atoms with Crippen molar-refractivity contribution in [2.24, 2.45) is 0 Å². The third-order valence-electron chi connectivity index (χ3n) is 8.33. The van der Waals surface area contributed by atoms with Crippen LogP contribution in [0.4, 0.5) is 0 Å². The molecular weight excluding hydrogens is 510 g/mol. The van der Waals surface area contributed by atoms with Crippen molar-refractivity contribution in [3.8, 4) is 11.3 Å². The van der Waals surface area contributed by atoms with Crippen molar-refractivity contribution >= 4 is 15.9 Å². The van der Waals surface area contributed by atoms with E-state index in [0.29, 0.717) is 12.2 Å². The molecule has 8 nitrogen and oxygen atoms in total. The van der Waals surface area contributed by atoms with Crippen LogP contribution in [-0.4, -0.2) is 65.7 Å². The number of carbonyl (C=O) groups excluding carboxylic acids is 1. The van der Waals surface area contributed by atoms with Crippen LogP contribution in [0.5, 0.6) is 0 Å². The van der Waals surface area contributed by atoms with Crippen LogP contribution in [0.2, 0.25) is 0 Å². The molecular formula is C30H37N5O3S. The smallest absolute Gasteiger partial charge is 0.275 e. The van der Waals surface area contributed by atoms with Gasteiger partial charge in [0.1, 0.15) is 0 Å². The number of piperazine rings is 1. The van der Waals surface area contributed by atoms with E-state index >= 15 is 0 Å². The third kappa shape index (κ3) is 5.66. The fraction of sp³-hybridized carbons (Fsp3) is 0.467. The zero-order valence-electron chi connectivity index (χ0n) is 22.2. The lowest BCUT2D eigenvalue weighted by Crippen LogP contribution is -2.54. The van der Waals surface area contributed by atoms with Gasteiger partial charge in [-0.15, -0.1) is 0 Å². The van der Waals surface area contributed by atoms with Crippen LogP contribution in [0, 0.1) is 0 Å². The number of aromatic nitrogens is 2. The van der Waals surface area contributed by atoms with Gasteiger partial charge in [-0.1, -0.05) is 73.5 Å². The Morgan fingerprint density at radius 3 is 2.44 bits per heavy atom. The second-order valence-electron chi connectivity index (χ2n) is 11.1. The van der Waals surface area contributed by atoms with Crippen molar-refractivity contribution in [2.75, 3.05) is 19.6 Å². The summed E-state index contributed by atoms with van der Waals surface area (Å²) in [6.07, 6.45) is 7.62. The summed E-state index contributed by atoms with van der Waals surface area (Å²) in [6, 6.07) is 19.9. The van der Waals surface area contributed by atoms with Crippen LogP contribution in [0.25, 0.3) is 11.3 Å². The number of hydrogen-bond donors (Lipinski definition) is 2. The van der Waals surface area contributed by atoms with Crippen molar-refractivity contribution < 1.29 is 13.2 Å². The molecule has 2 saturated carbocycles. The molecule has 3 aliphatic rings. The molecule has 0 radical (unpaired) electrons. The topological polar surface area (TPSA) is 96.3 Å². The molecule has 0 bridgehead atoms. The van der Waals surface area contributed by atoms with Crippen LogP contribution in [0.15, 0.2) is 67.0 Å². The molecule has 2 aliphatic carbocycles. The highest BCUT2D eigenvalue weighted by Crippen LogP contribution is 2.37. The molecule has 1 saturated heterocycles. The average molecular weight is 548 g/mol. The number of nitrogens with one attached hydrogen (secondary N) is 2. The molecule has 9 heteroatoms. The molecule has 3 atom stereocenters. The standard InChI is InChI=1S/C30H37N5O3S/c36-30(34-18-17-31-20-24(34)19-22-9-3-1-4-10-22)28-29(23-11-5-2-6-12-23)35(21-32-28)27-14-8-7-13-26(27)33-39(37,38)25-15-16-25/h1-6,9-12,21,24-27,31,33H,7-8,13-20H2/t24-,26-,27+/m1/s1. The maximum Gasteiger partial charge on any atom is 0.275 e. The fourth-order valence-electron chi connectivity index (χ4n) is 6.15. The number of carbonyl (C=O) groups is 1. The van der Waals surface area contributed by atoms with Crippen LogP contribution < -0.4 is 10.0 Å². The Morgan fingerprint density at radius 1 is 0.974 bits per heavy atom. The van der Waals surface area contributed by atoms with E-state index in [1.807, 2.05) is 53.4 Å². The van der Waals surface area contributed by atoms with Gasteiger partial charge in [-0.25, -0.2) is 18.1 Å². The zero-order chi connectivity index (χ0) is 26.8. The van der Waals surface area contributed by atoms with Crippen molar-refractivity contribution in [3.63, 3.8) is 0 Å². The highest BCUT2D eigenvalue weighted by molar-refractivity contribution is 7.90. The summed E-state index contributed by atoms with van der Waals surface area (Å²) in [5, 5.41) is 3.19. The minimum absolute atomic E-state index is 0.0233. The Morgan fingerprint density at radius 2 is 1.69 bits per heavy atom. The summed E-state index contributed by atoms with van der Waals surface area (Å²) in [5.41, 5.74) is 3.34. The summed E-state index contributed by atoms with van der Waals surface area (Å²) >= 11 is 0. The lowest BCUT2D eigenvalue weighted by Gasteiger charge is -2.36. The molecule has 3 fully saturated rings. The van der Waals surface area contributed by atoms with E-state index in [-0.39, 0.29) is 29.3 Å². The maximum atomic E-state index is 14.2. The molecule has 2 N–H and O–H groups in total. The van der Waals surface area contributed by atoms with Gasteiger partial charge in [-0.05, 0) is 37.7 Å². The summed E-state index contributed by atoms with van der Waals surface area (Å²) in [4.78, 5) is 20.9. The van der Waals surface area contributed by atoms with Crippen LogP contribution in [0.3, 0.4) is 0 Å². The number of amides is 1. The molecule has 39 heavy (non-hydrogen) atoms. The Labute approximate surface area is 230 Å². The predicted molar refractivity (Wildman–Crippen MR) is 152 cm³/mol. The van der Waals surface area contributed by atoms with Crippen LogP contribution in [-0.2, 0) is 16.4 Å². The van der Waals surface area contributed by atoms with Gasteiger partial charge in [0.15, 0.2) is 5.69 Å². The number of benzene rings is 2. The molecule has 1 aliphatic heterocycles. The highest BCUT2D eigenvalue weighted by atomic mass is 32.2. The van der Waals surface area contributed by atoms with Gasteiger partial charge in [-0.2, -0.15) is 0 Å². The highest BCUT2D eigenvalue weighted by Gasteiger charge is 2.40. The molecule has 0 spiro atoms. The van der Waals surface area contributed by atoms with Gasteiger partial charge in [0.05, 0.1) is 23.3 Å². The van der Waals surface area contributed by atoms with Crippen molar-refractivity contribution in [2.45, 2.75) is 68.3 Å². The zero-order valence-corrected chi connectivity index (χ0v) is 23.0. The molecule has 206 valence electrons. The second kappa shape index (κ2) is 11.2. The first kappa shape index (κ1) is 26.2. The van der Waals surface area contributed by atoms with Crippen molar-refractivity contribution in [1.29, 1.82) is 0 Å². The lowest BCUT2D eigenvalue weighted by molar-refractivity contribution is 0.0631. The van der Waals surface area contributed by atoms with Gasteiger partial charge in [-0.3, -0.25) is 4.79 Å². The summed E-state index contributed by atoms with van der Waals surface area (Å²) in [5.74, 6) is -0.0686. The largest absolute Gasteiger partial charge is 0.331 e. The van der Waals surface area contributed by atoms with Gasteiger partial charge in [0.25, 0.3) is 5.91 Å². The number of rotatable bonds is 8. The number of nitrogens with zero attached hydrogens (tertiary/aromatic N) is 3. The van der Waals surface area contributed by atoms with E-state index in [1.165, 1.54) is 5.56 Å². The minimum atomic E-state index is -3.33. The molecule has 3 aromatic rings. The first-order valence-corrected chi connectivity index (χ1v) is 15.7. The second-order valence-corrected chi connectivity index (χ2v) is 13.1. The van der Waals surface area contributed by atoms with Crippen LogP contribution in [0.1, 0.15) is 60.6 Å². The first-order valence-electron chi connectivity index (χ1n) is 14.2. The minimum Gasteiger partial charge on any atom is -0.331 e. The maximum absolute atomic E-state index is 14.2. The molecule has 1 aromatic heterocycles. The van der Waals surface area contributed by atoms with Crippen molar-refractivity contribution in [1.82, 2.24) is 24.5 Å². The monoisotopic (exact) mass is 547 g/mol. The van der Waals surface area contributed by atoms with E-state index in [4.69, 9.17) is 4.98 Å². The summed E-state index contributed by atoms with van der Waals surface area (Å²) in [6.45, 7) is 2.09. The van der Waals surface area contributed by atoms with Gasteiger partial charge in [0.2, 0.25) is 10.0 Å². The van der Waals surface area contributed by atoms with E-state index in [1.54, 1.807) is 6.33 Å². The van der Waals surface area contributed by atoms with Crippen LogP contribution >= 0.6 is 0 Å². The lowest BCUT2D eigenvalue weighted by atomic mass is 9.90.